The molecular formula is C9H19NO3. The fraction of sp³-hybridized carbons (Fsp3) is 1.00. The SMILES string of the molecule is COC(CN1CCOCC1C)OC. The average Bonchev–Trinajstić information content (AvgIpc) is 2.17. The van der Waals surface area contributed by atoms with E-state index in [1.165, 1.54) is 0 Å². The van der Waals surface area contributed by atoms with Crippen LogP contribution in [0.1, 0.15) is 6.92 Å². The van der Waals surface area contributed by atoms with Crippen LogP contribution in [0.3, 0.4) is 0 Å². The number of hydrogen-bond acceptors (Lipinski definition) is 4. The van der Waals surface area contributed by atoms with Gasteiger partial charge in [-0.3, -0.25) is 4.90 Å². The first-order valence-electron chi connectivity index (χ1n) is 4.65. The van der Waals surface area contributed by atoms with Gasteiger partial charge in [-0.2, -0.15) is 0 Å². The summed E-state index contributed by atoms with van der Waals surface area (Å²) in [5.74, 6) is 0. The van der Waals surface area contributed by atoms with Crippen molar-refractivity contribution in [2.24, 2.45) is 0 Å². The van der Waals surface area contributed by atoms with E-state index in [1.807, 2.05) is 0 Å². The van der Waals surface area contributed by atoms with Crippen LogP contribution >= 0.6 is 0 Å². The lowest BCUT2D eigenvalue weighted by atomic mass is 10.2. The molecule has 0 aliphatic carbocycles. The van der Waals surface area contributed by atoms with Crippen LogP contribution in [0.25, 0.3) is 0 Å². The van der Waals surface area contributed by atoms with Gasteiger partial charge < -0.3 is 14.2 Å². The monoisotopic (exact) mass is 189 g/mol. The van der Waals surface area contributed by atoms with Crippen molar-refractivity contribution in [1.82, 2.24) is 4.90 Å². The zero-order chi connectivity index (χ0) is 9.68. The van der Waals surface area contributed by atoms with E-state index in [9.17, 15) is 0 Å². The Kier molecular flexibility index (Phi) is 4.66. The quantitative estimate of drug-likeness (QED) is 0.596. The van der Waals surface area contributed by atoms with E-state index < -0.39 is 0 Å². The molecule has 1 fully saturated rings. The Balaban J connectivity index is 2.32. The van der Waals surface area contributed by atoms with E-state index in [0.717, 1.165) is 26.3 Å². The number of morpholine rings is 1. The van der Waals surface area contributed by atoms with E-state index in [1.54, 1.807) is 14.2 Å². The first-order valence-corrected chi connectivity index (χ1v) is 4.65. The van der Waals surface area contributed by atoms with Gasteiger partial charge >= 0.3 is 0 Å². The molecule has 0 aromatic rings. The van der Waals surface area contributed by atoms with Gasteiger partial charge in [0.15, 0.2) is 6.29 Å². The second-order valence-electron chi connectivity index (χ2n) is 3.32. The lowest BCUT2D eigenvalue weighted by molar-refractivity contribution is -0.131. The number of nitrogens with zero attached hydrogens (tertiary/aromatic N) is 1. The molecule has 13 heavy (non-hydrogen) atoms. The summed E-state index contributed by atoms with van der Waals surface area (Å²) < 4.78 is 15.6. The standard InChI is InChI=1S/C9H19NO3/c1-8-7-13-5-4-10(8)6-9(11-2)12-3/h8-9H,4-7H2,1-3H3. The van der Waals surface area contributed by atoms with E-state index in [4.69, 9.17) is 14.2 Å². The second kappa shape index (κ2) is 5.54. The molecule has 1 atom stereocenters. The summed E-state index contributed by atoms with van der Waals surface area (Å²) in [5, 5.41) is 0. The number of hydrogen-bond donors (Lipinski definition) is 0. The fourth-order valence-electron chi connectivity index (χ4n) is 1.47. The summed E-state index contributed by atoms with van der Waals surface area (Å²) in [7, 11) is 3.33. The van der Waals surface area contributed by atoms with Crippen molar-refractivity contribution < 1.29 is 14.2 Å². The molecular weight excluding hydrogens is 170 g/mol. The Labute approximate surface area is 79.8 Å². The molecule has 0 N–H and O–H groups in total. The third-order valence-corrected chi connectivity index (χ3v) is 2.41. The van der Waals surface area contributed by atoms with Gasteiger partial charge in [-0.15, -0.1) is 0 Å². The zero-order valence-corrected chi connectivity index (χ0v) is 8.66. The summed E-state index contributed by atoms with van der Waals surface area (Å²) in [6.07, 6.45) is -0.124. The van der Waals surface area contributed by atoms with E-state index in [2.05, 4.69) is 11.8 Å². The van der Waals surface area contributed by atoms with Crippen LogP contribution in [0.5, 0.6) is 0 Å². The van der Waals surface area contributed by atoms with Crippen LogP contribution in [0, 0.1) is 0 Å². The van der Waals surface area contributed by atoms with Gasteiger partial charge in [0.25, 0.3) is 0 Å². The van der Waals surface area contributed by atoms with Crippen LogP contribution in [0.2, 0.25) is 0 Å². The summed E-state index contributed by atoms with van der Waals surface area (Å²) in [4.78, 5) is 2.32. The van der Waals surface area contributed by atoms with Gasteiger partial charge in [0.1, 0.15) is 0 Å². The fourth-order valence-corrected chi connectivity index (χ4v) is 1.47. The van der Waals surface area contributed by atoms with E-state index in [-0.39, 0.29) is 6.29 Å². The van der Waals surface area contributed by atoms with Crippen molar-refractivity contribution in [3.05, 3.63) is 0 Å². The van der Waals surface area contributed by atoms with Crippen molar-refractivity contribution in [1.29, 1.82) is 0 Å². The molecule has 0 bridgehead atoms. The minimum Gasteiger partial charge on any atom is -0.379 e. The van der Waals surface area contributed by atoms with Crippen molar-refractivity contribution in [2.45, 2.75) is 19.3 Å². The van der Waals surface area contributed by atoms with E-state index in [0.29, 0.717) is 6.04 Å². The van der Waals surface area contributed by atoms with Crippen LogP contribution in [0.15, 0.2) is 0 Å². The average molecular weight is 189 g/mol. The Morgan fingerprint density at radius 3 is 2.69 bits per heavy atom. The van der Waals surface area contributed by atoms with Crippen LogP contribution in [0.4, 0.5) is 0 Å². The highest BCUT2D eigenvalue weighted by atomic mass is 16.7. The summed E-state index contributed by atoms with van der Waals surface area (Å²) in [6, 6.07) is 0.460. The highest BCUT2D eigenvalue weighted by Gasteiger charge is 2.21. The molecule has 0 saturated carbocycles. The lowest BCUT2D eigenvalue weighted by Gasteiger charge is -2.34. The van der Waals surface area contributed by atoms with Crippen molar-refractivity contribution in [3.8, 4) is 0 Å². The maximum Gasteiger partial charge on any atom is 0.169 e. The maximum absolute atomic E-state index is 5.34. The van der Waals surface area contributed by atoms with Gasteiger partial charge in [-0.25, -0.2) is 0 Å². The zero-order valence-electron chi connectivity index (χ0n) is 8.66. The van der Waals surface area contributed by atoms with Gasteiger partial charge in [0.2, 0.25) is 0 Å². The third-order valence-electron chi connectivity index (χ3n) is 2.41. The predicted octanol–water partition coefficient (Wildman–Crippen LogP) is 0.326. The van der Waals surface area contributed by atoms with Crippen molar-refractivity contribution in [3.63, 3.8) is 0 Å². The number of rotatable bonds is 4. The van der Waals surface area contributed by atoms with Gasteiger partial charge in [-0.1, -0.05) is 0 Å². The largest absolute Gasteiger partial charge is 0.379 e. The van der Waals surface area contributed by atoms with Crippen molar-refractivity contribution >= 4 is 0 Å². The number of methoxy groups -OCH3 is 2. The molecule has 0 radical (unpaired) electrons. The molecule has 0 aromatic carbocycles. The molecule has 1 heterocycles. The summed E-state index contributed by atoms with van der Waals surface area (Å²) >= 11 is 0. The summed E-state index contributed by atoms with van der Waals surface area (Å²) in [6.45, 7) is 5.55. The molecule has 0 amide bonds. The summed E-state index contributed by atoms with van der Waals surface area (Å²) in [5.41, 5.74) is 0. The lowest BCUT2D eigenvalue weighted by Crippen LogP contribution is -2.47. The second-order valence-corrected chi connectivity index (χ2v) is 3.32. The Morgan fingerprint density at radius 1 is 1.46 bits per heavy atom. The number of ether oxygens (including phenoxy) is 3. The topological polar surface area (TPSA) is 30.9 Å². The highest BCUT2D eigenvalue weighted by molar-refractivity contribution is 4.71. The van der Waals surface area contributed by atoms with Crippen LogP contribution in [-0.4, -0.2) is 57.8 Å². The minimum atomic E-state index is -0.124. The van der Waals surface area contributed by atoms with Crippen molar-refractivity contribution in [2.75, 3.05) is 40.5 Å². The Bertz CT molecular complexity index is 139. The normalized spacial score (nSPS) is 25.4. The molecule has 4 nitrogen and oxygen atoms in total. The van der Waals surface area contributed by atoms with Gasteiger partial charge in [0, 0.05) is 33.4 Å². The first kappa shape index (κ1) is 10.9. The first-order chi connectivity index (χ1) is 6.27. The van der Waals surface area contributed by atoms with Gasteiger partial charge in [-0.05, 0) is 6.92 Å². The molecule has 1 unspecified atom stereocenters. The Morgan fingerprint density at radius 2 is 2.15 bits per heavy atom. The van der Waals surface area contributed by atoms with Crippen LogP contribution < -0.4 is 0 Å². The molecule has 0 aromatic heterocycles. The minimum absolute atomic E-state index is 0.124. The third kappa shape index (κ3) is 3.23. The highest BCUT2D eigenvalue weighted by Crippen LogP contribution is 2.07. The molecule has 4 heteroatoms. The Hall–Kier alpha value is -0.160. The van der Waals surface area contributed by atoms with E-state index >= 15 is 0 Å². The molecule has 0 spiro atoms. The smallest absolute Gasteiger partial charge is 0.169 e. The molecule has 1 aliphatic rings. The predicted molar refractivity (Wildman–Crippen MR) is 49.7 cm³/mol. The van der Waals surface area contributed by atoms with Crippen LogP contribution in [-0.2, 0) is 14.2 Å². The van der Waals surface area contributed by atoms with Gasteiger partial charge in [0.05, 0.1) is 13.2 Å². The molecule has 1 aliphatic heterocycles. The molecule has 78 valence electrons. The molecule has 1 saturated heterocycles. The maximum atomic E-state index is 5.34. The molecule has 1 rings (SSSR count).